The lowest BCUT2D eigenvalue weighted by Gasteiger charge is -2.02. The van der Waals surface area contributed by atoms with Gasteiger partial charge >= 0.3 is 0 Å². The van der Waals surface area contributed by atoms with E-state index in [1.165, 1.54) is 6.33 Å². The normalized spacial score (nSPS) is 11.3. The molecule has 2 rings (SSSR count). The summed E-state index contributed by atoms with van der Waals surface area (Å²) in [5.74, 6) is 0. The van der Waals surface area contributed by atoms with Gasteiger partial charge in [0.2, 0.25) is 0 Å². The molecule has 4 nitrogen and oxygen atoms in total. The monoisotopic (exact) mass is 261 g/mol. The summed E-state index contributed by atoms with van der Waals surface area (Å²) >= 11 is 5.79. The molecule has 0 unspecified atom stereocenters. The van der Waals surface area contributed by atoms with Crippen LogP contribution in [0.1, 0.15) is 18.1 Å². The van der Waals surface area contributed by atoms with Gasteiger partial charge in [0.05, 0.1) is 5.71 Å². The molecule has 1 aromatic carbocycles. The van der Waals surface area contributed by atoms with E-state index in [0.29, 0.717) is 11.6 Å². The van der Waals surface area contributed by atoms with Gasteiger partial charge in [-0.2, -0.15) is 0 Å². The molecule has 0 amide bonds. The Kier molecular flexibility index (Phi) is 4.25. The Morgan fingerprint density at radius 1 is 1.22 bits per heavy atom. The molecule has 0 aliphatic rings. The molecule has 0 fully saturated rings. The third-order valence-electron chi connectivity index (χ3n) is 2.32. The minimum absolute atomic E-state index is 0.405. The molecular weight excluding hydrogens is 250 g/mol. The van der Waals surface area contributed by atoms with Crippen LogP contribution in [0, 0.1) is 0 Å². The van der Waals surface area contributed by atoms with E-state index in [9.17, 15) is 0 Å². The number of hydrogen-bond donors (Lipinski definition) is 0. The van der Waals surface area contributed by atoms with Crippen LogP contribution < -0.4 is 0 Å². The molecule has 5 heteroatoms. The van der Waals surface area contributed by atoms with E-state index in [-0.39, 0.29) is 0 Å². The average molecular weight is 262 g/mol. The van der Waals surface area contributed by atoms with Crippen molar-refractivity contribution in [2.24, 2.45) is 5.16 Å². The van der Waals surface area contributed by atoms with Gasteiger partial charge < -0.3 is 4.84 Å². The molecule has 0 aliphatic carbocycles. The topological polar surface area (TPSA) is 47.4 Å². The van der Waals surface area contributed by atoms with Gasteiger partial charge in [-0.05, 0) is 24.6 Å². The second-order valence-electron chi connectivity index (χ2n) is 3.70. The summed E-state index contributed by atoms with van der Waals surface area (Å²) in [4.78, 5) is 13.1. The van der Waals surface area contributed by atoms with Crippen LogP contribution in [0.25, 0.3) is 0 Å². The van der Waals surface area contributed by atoms with Crippen LogP contribution >= 0.6 is 11.6 Å². The van der Waals surface area contributed by atoms with E-state index in [0.717, 1.165) is 16.8 Å². The molecule has 1 aromatic heterocycles. The molecular formula is C13H12ClN3O. The summed E-state index contributed by atoms with van der Waals surface area (Å²) in [6.45, 7) is 2.25. The maximum atomic E-state index is 5.79. The maximum Gasteiger partial charge on any atom is 0.142 e. The number of nitrogens with zero attached hydrogens (tertiary/aromatic N) is 3. The van der Waals surface area contributed by atoms with Gasteiger partial charge in [0, 0.05) is 23.0 Å². The fourth-order valence-corrected chi connectivity index (χ4v) is 1.45. The van der Waals surface area contributed by atoms with Crippen LogP contribution in [-0.4, -0.2) is 15.7 Å². The van der Waals surface area contributed by atoms with Gasteiger partial charge in [-0.25, -0.2) is 9.97 Å². The van der Waals surface area contributed by atoms with E-state index in [2.05, 4.69) is 15.1 Å². The number of aromatic nitrogens is 2. The zero-order valence-electron chi connectivity index (χ0n) is 9.88. The van der Waals surface area contributed by atoms with Crippen molar-refractivity contribution in [2.45, 2.75) is 13.5 Å². The Bertz CT molecular complexity index is 526. The summed E-state index contributed by atoms with van der Waals surface area (Å²) in [6.07, 6.45) is 4.86. The molecule has 1 heterocycles. The van der Waals surface area contributed by atoms with E-state index in [1.807, 2.05) is 31.2 Å². The van der Waals surface area contributed by atoms with Gasteiger partial charge in [0.1, 0.15) is 12.9 Å². The molecule has 2 aromatic rings. The van der Waals surface area contributed by atoms with Crippen LogP contribution in [0.2, 0.25) is 5.02 Å². The van der Waals surface area contributed by atoms with Crippen molar-refractivity contribution < 1.29 is 4.84 Å². The molecule has 0 aliphatic heterocycles. The molecule has 92 valence electrons. The standard InChI is InChI=1S/C13H12ClN3O/c1-10(12-6-15-9-16-7-12)17-18-8-11-2-4-13(14)5-3-11/h2-7,9H,8H2,1H3/b17-10+. The van der Waals surface area contributed by atoms with Crippen LogP contribution in [0.3, 0.4) is 0 Å². The second-order valence-corrected chi connectivity index (χ2v) is 4.14. The second kappa shape index (κ2) is 6.12. The van der Waals surface area contributed by atoms with Crippen molar-refractivity contribution in [2.75, 3.05) is 0 Å². The minimum Gasteiger partial charge on any atom is -0.391 e. The molecule has 0 saturated heterocycles. The zero-order valence-corrected chi connectivity index (χ0v) is 10.6. The fraction of sp³-hybridized carbons (Fsp3) is 0.154. The molecule has 0 radical (unpaired) electrons. The highest BCUT2D eigenvalue weighted by atomic mass is 35.5. The lowest BCUT2D eigenvalue weighted by atomic mass is 10.2. The molecule has 0 bridgehead atoms. The quantitative estimate of drug-likeness (QED) is 0.628. The highest BCUT2D eigenvalue weighted by Gasteiger charge is 1.98. The summed E-state index contributed by atoms with van der Waals surface area (Å²) in [5.41, 5.74) is 2.60. The van der Waals surface area contributed by atoms with Crippen molar-refractivity contribution in [1.29, 1.82) is 0 Å². The van der Waals surface area contributed by atoms with Crippen molar-refractivity contribution in [3.8, 4) is 0 Å². The van der Waals surface area contributed by atoms with Crippen LogP contribution in [0.15, 0.2) is 48.1 Å². The molecule has 0 atom stereocenters. The first-order valence-electron chi connectivity index (χ1n) is 5.42. The van der Waals surface area contributed by atoms with Gasteiger partial charge in [0.15, 0.2) is 0 Å². The van der Waals surface area contributed by atoms with Crippen LogP contribution in [0.4, 0.5) is 0 Å². The fourth-order valence-electron chi connectivity index (χ4n) is 1.32. The summed E-state index contributed by atoms with van der Waals surface area (Å²) in [7, 11) is 0. The first-order chi connectivity index (χ1) is 8.75. The highest BCUT2D eigenvalue weighted by molar-refractivity contribution is 6.30. The lowest BCUT2D eigenvalue weighted by Crippen LogP contribution is -1.98. The number of hydrogen-bond acceptors (Lipinski definition) is 4. The third-order valence-corrected chi connectivity index (χ3v) is 2.58. The number of benzene rings is 1. The minimum atomic E-state index is 0.405. The first-order valence-corrected chi connectivity index (χ1v) is 5.80. The Morgan fingerprint density at radius 2 is 1.89 bits per heavy atom. The average Bonchev–Trinajstić information content (AvgIpc) is 2.42. The summed E-state index contributed by atoms with van der Waals surface area (Å²) in [6, 6.07) is 7.45. The van der Waals surface area contributed by atoms with Crippen molar-refractivity contribution >= 4 is 17.3 Å². The lowest BCUT2D eigenvalue weighted by molar-refractivity contribution is 0.130. The SMILES string of the molecule is C/C(=N\OCc1ccc(Cl)cc1)c1cncnc1. The predicted octanol–water partition coefficient (Wildman–Crippen LogP) is 3.07. The molecule has 0 N–H and O–H groups in total. The van der Waals surface area contributed by atoms with Gasteiger partial charge in [-0.3, -0.25) is 0 Å². The maximum absolute atomic E-state index is 5.79. The smallest absolute Gasteiger partial charge is 0.142 e. The van der Waals surface area contributed by atoms with Crippen LogP contribution in [-0.2, 0) is 11.4 Å². The highest BCUT2D eigenvalue weighted by Crippen LogP contribution is 2.10. The molecule has 18 heavy (non-hydrogen) atoms. The van der Waals surface area contributed by atoms with Crippen molar-refractivity contribution in [3.05, 3.63) is 59.1 Å². The van der Waals surface area contributed by atoms with Crippen LogP contribution in [0.5, 0.6) is 0 Å². The zero-order chi connectivity index (χ0) is 12.8. The van der Waals surface area contributed by atoms with E-state index in [1.54, 1.807) is 12.4 Å². The Hall–Kier alpha value is -1.94. The molecule has 0 saturated carbocycles. The van der Waals surface area contributed by atoms with Crippen molar-refractivity contribution in [1.82, 2.24) is 9.97 Å². The van der Waals surface area contributed by atoms with Gasteiger partial charge in [0.25, 0.3) is 0 Å². The summed E-state index contributed by atoms with van der Waals surface area (Å²) < 4.78 is 0. The van der Waals surface area contributed by atoms with E-state index in [4.69, 9.17) is 16.4 Å². The van der Waals surface area contributed by atoms with E-state index >= 15 is 0 Å². The first kappa shape index (κ1) is 12.5. The van der Waals surface area contributed by atoms with Gasteiger partial charge in [-0.1, -0.05) is 28.9 Å². The van der Waals surface area contributed by atoms with Crippen molar-refractivity contribution in [3.63, 3.8) is 0 Å². The number of rotatable bonds is 4. The summed E-state index contributed by atoms with van der Waals surface area (Å²) in [5, 5.41) is 4.72. The van der Waals surface area contributed by atoms with Gasteiger partial charge in [-0.15, -0.1) is 0 Å². The largest absolute Gasteiger partial charge is 0.391 e. The Morgan fingerprint density at radius 3 is 2.56 bits per heavy atom. The van der Waals surface area contributed by atoms with E-state index < -0.39 is 0 Å². The number of oxime groups is 1. The molecule has 0 spiro atoms. The number of halogens is 1. The third kappa shape index (κ3) is 3.53. The predicted molar refractivity (Wildman–Crippen MR) is 70.5 cm³/mol. The Labute approximate surface area is 110 Å². The Balaban J connectivity index is 1.93.